The van der Waals surface area contributed by atoms with E-state index in [1.54, 1.807) is 11.9 Å². The van der Waals surface area contributed by atoms with Gasteiger partial charge in [0.1, 0.15) is 11.6 Å². The second kappa shape index (κ2) is 10.1. The van der Waals surface area contributed by atoms with Gasteiger partial charge in [0.15, 0.2) is 0 Å². The quantitative estimate of drug-likeness (QED) is 0.289. The first kappa shape index (κ1) is 27.4. The van der Waals surface area contributed by atoms with Crippen LogP contribution in [-0.2, 0) is 19.1 Å². The number of alkyl halides is 1. The van der Waals surface area contributed by atoms with Crippen LogP contribution in [0.25, 0.3) is 0 Å². The molecular weight excluding hydrogens is 502 g/mol. The summed E-state index contributed by atoms with van der Waals surface area (Å²) in [5.74, 6) is -1.87. The second-order valence-corrected chi connectivity index (χ2v) is 13.2. The normalized spacial score (nSPS) is 32.8. The molecule has 0 aromatic carbocycles. The minimum atomic E-state index is -1.01. The van der Waals surface area contributed by atoms with Gasteiger partial charge in [-0.25, -0.2) is 0 Å². The summed E-state index contributed by atoms with van der Waals surface area (Å²) in [6, 6.07) is -0.776. The molecule has 3 fully saturated rings. The molecule has 0 aliphatic carbocycles. The van der Waals surface area contributed by atoms with Crippen LogP contribution in [0.3, 0.4) is 0 Å². The van der Waals surface area contributed by atoms with Crippen molar-refractivity contribution < 1.29 is 24.2 Å². The zero-order valence-corrected chi connectivity index (χ0v) is 23.0. The molecule has 0 radical (unpaired) electrons. The lowest BCUT2D eigenvalue weighted by Gasteiger charge is -2.38. The van der Waals surface area contributed by atoms with Crippen molar-refractivity contribution in [3.63, 3.8) is 0 Å². The number of likely N-dealkylation sites (tertiary alicyclic amines) is 1. The minimum absolute atomic E-state index is 0.0169. The van der Waals surface area contributed by atoms with Gasteiger partial charge in [-0.2, -0.15) is 0 Å². The van der Waals surface area contributed by atoms with E-state index in [0.717, 1.165) is 32.1 Å². The number of halogens is 1. The van der Waals surface area contributed by atoms with Gasteiger partial charge in [0.05, 0.1) is 17.9 Å². The Morgan fingerprint density at radius 3 is 2.38 bits per heavy atom. The summed E-state index contributed by atoms with van der Waals surface area (Å²) in [5.41, 5.74) is -1.46. The highest BCUT2D eigenvalue weighted by atomic mass is 79.9. The molecule has 3 rings (SSSR count). The molecule has 3 aliphatic rings. The largest absolute Gasteiger partial charge is 0.396 e. The van der Waals surface area contributed by atoms with Crippen molar-refractivity contribution in [1.82, 2.24) is 15.5 Å². The minimum Gasteiger partial charge on any atom is -0.396 e. The van der Waals surface area contributed by atoms with Crippen LogP contribution >= 0.6 is 15.9 Å². The van der Waals surface area contributed by atoms with E-state index in [-0.39, 0.29) is 34.6 Å². The maximum Gasteiger partial charge on any atom is 0.246 e. The fourth-order valence-corrected chi connectivity index (χ4v) is 7.60. The number of aliphatic hydroxyl groups is 1. The van der Waals surface area contributed by atoms with Crippen molar-refractivity contribution >= 4 is 33.7 Å². The average molecular weight is 545 g/mol. The van der Waals surface area contributed by atoms with E-state index in [1.807, 2.05) is 13.8 Å². The summed E-state index contributed by atoms with van der Waals surface area (Å²) in [6.45, 7) is 11.0. The number of carbonyl (C=O) groups excluding carboxylic acids is 3. The van der Waals surface area contributed by atoms with Gasteiger partial charge in [-0.15, -0.1) is 0 Å². The van der Waals surface area contributed by atoms with Crippen LogP contribution in [0.5, 0.6) is 0 Å². The number of fused-ring (bicyclic) bond motifs is 1. The Kier molecular flexibility index (Phi) is 8.10. The van der Waals surface area contributed by atoms with Crippen LogP contribution in [0.4, 0.5) is 0 Å². The molecule has 6 atom stereocenters. The maximum atomic E-state index is 13.9. The summed E-state index contributed by atoms with van der Waals surface area (Å²) in [4.78, 5) is 42.1. The van der Waals surface area contributed by atoms with Crippen molar-refractivity contribution in [2.24, 2.45) is 17.3 Å². The summed E-state index contributed by atoms with van der Waals surface area (Å²) in [7, 11) is 1.57. The number of ether oxygens (including phenoxy) is 1. The summed E-state index contributed by atoms with van der Waals surface area (Å²) in [6.07, 6.45) is 4.03. The number of amides is 3. The molecule has 194 valence electrons. The van der Waals surface area contributed by atoms with Gasteiger partial charge in [0, 0.05) is 30.6 Å². The van der Waals surface area contributed by atoms with Crippen molar-refractivity contribution in [1.29, 1.82) is 0 Å². The Morgan fingerprint density at radius 2 is 1.79 bits per heavy atom. The number of aliphatic hydroxyl groups excluding tert-OH is 1. The predicted octanol–water partition coefficient (Wildman–Crippen LogP) is 2.36. The van der Waals surface area contributed by atoms with Crippen molar-refractivity contribution in [2.45, 2.75) is 101 Å². The van der Waals surface area contributed by atoms with E-state index >= 15 is 0 Å². The van der Waals surface area contributed by atoms with E-state index < -0.39 is 35.1 Å². The second-order valence-electron chi connectivity index (χ2n) is 12.1. The molecule has 9 heteroatoms. The van der Waals surface area contributed by atoms with E-state index in [1.165, 1.54) is 0 Å². The molecule has 34 heavy (non-hydrogen) atoms. The maximum absolute atomic E-state index is 13.9. The number of nitrogens with zero attached hydrogens (tertiary/aromatic N) is 1. The lowest BCUT2D eigenvalue weighted by molar-refractivity contribution is -0.142. The molecule has 1 spiro atoms. The molecule has 3 heterocycles. The Hall–Kier alpha value is -1.19. The van der Waals surface area contributed by atoms with E-state index in [9.17, 15) is 14.4 Å². The van der Waals surface area contributed by atoms with Crippen LogP contribution < -0.4 is 10.6 Å². The fraction of sp³-hybridized carbons (Fsp3) is 0.880. The van der Waals surface area contributed by atoms with E-state index in [2.05, 4.69) is 47.3 Å². The molecule has 8 nitrogen and oxygen atoms in total. The van der Waals surface area contributed by atoms with Crippen LogP contribution in [-0.4, -0.2) is 76.0 Å². The highest BCUT2D eigenvalue weighted by Gasteiger charge is 2.76. The summed E-state index contributed by atoms with van der Waals surface area (Å²) in [5, 5.41) is 15.0. The monoisotopic (exact) mass is 543 g/mol. The first-order valence-corrected chi connectivity index (χ1v) is 13.5. The number of hydrogen-bond donors (Lipinski definition) is 3. The molecule has 3 saturated heterocycles. The van der Waals surface area contributed by atoms with Gasteiger partial charge in [-0.3, -0.25) is 14.4 Å². The molecule has 2 bridgehead atoms. The Morgan fingerprint density at radius 1 is 1.15 bits per heavy atom. The first-order chi connectivity index (χ1) is 15.8. The summed E-state index contributed by atoms with van der Waals surface area (Å²) < 4.78 is 6.46. The van der Waals surface area contributed by atoms with Gasteiger partial charge in [-0.1, -0.05) is 49.5 Å². The fourth-order valence-electron chi connectivity index (χ4n) is 6.66. The summed E-state index contributed by atoms with van der Waals surface area (Å²) >= 11 is 3.67. The topological polar surface area (TPSA) is 108 Å². The average Bonchev–Trinajstić information content (AvgIpc) is 3.28. The zero-order chi connectivity index (χ0) is 25.5. The third-order valence-corrected chi connectivity index (χ3v) is 8.17. The van der Waals surface area contributed by atoms with Crippen molar-refractivity contribution in [2.75, 3.05) is 20.2 Å². The molecule has 0 aromatic heterocycles. The van der Waals surface area contributed by atoms with Gasteiger partial charge in [0.25, 0.3) is 0 Å². The van der Waals surface area contributed by atoms with E-state index in [4.69, 9.17) is 9.84 Å². The molecular formula is C25H42BrN3O5. The van der Waals surface area contributed by atoms with Crippen molar-refractivity contribution in [3.8, 4) is 0 Å². The van der Waals surface area contributed by atoms with Gasteiger partial charge >= 0.3 is 0 Å². The first-order valence-electron chi connectivity index (χ1n) is 12.5. The molecule has 0 saturated carbocycles. The Labute approximate surface area is 212 Å². The van der Waals surface area contributed by atoms with Crippen LogP contribution in [0.1, 0.15) is 73.1 Å². The highest BCUT2D eigenvalue weighted by molar-refractivity contribution is 9.09. The standard InChI is InChI=1S/C25H42BrN3O5/c1-23(2,3)14-24(4,5)28-21(32)19-25-13-15(26)18(34-25)16(20(31)27-6)17(25)22(33)29(19)11-9-7-8-10-12-30/h15-19,30H,7-14H2,1-6H3,(H,27,31)(H,28,32)/t15?,16-,17-,18-,19?,25?/m0/s1. The third kappa shape index (κ3) is 5.16. The highest BCUT2D eigenvalue weighted by Crippen LogP contribution is 2.60. The van der Waals surface area contributed by atoms with Crippen molar-refractivity contribution in [3.05, 3.63) is 0 Å². The SMILES string of the molecule is CNC(=O)[C@H]1[C@H]2C(=O)N(CCCCCCO)C(C(=O)NC(C)(C)CC(C)(C)C)C23CC(Br)[C@@H]1O3. The lowest BCUT2D eigenvalue weighted by Crippen LogP contribution is -2.59. The number of hydrogen-bond acceptors (Lipinski definition) is 5. The molecule has 3 N–H and O–H groups in total. The number of nitrogens with one attached hydrogen (secondary N) is 2. The van der Waals surface area contributed by atoms with Gasteiger partial charge in [0.2, 0.25) is 17.7 Å². The lowest BCUT2D eigenvalue weighted by atomic mass is 9.70. The molecule has 0 aromatic rings. The van der Waals surface area contributed by atoms with Crippen LogP contribution in [0, 0.1) is 17.3 Å². The zero-order valence-electron chi connectivity index (χ0n) is 21.4. The van der Waals surface area contributed by atoms with Crippen LogP contribution in [0.2, 0.25) is 0 Å². The number of unbranched alkanes of at least 4 members (excludes halogenated alkanes) is 3. The van der Waals surface area contributed by atoms with Crippen LogP contribution in [0.15, 0.2) is 0 Å². The molecule has 3 unspecified atom stereocenters. The predicted molar refractivity (Wildman–Crippen MR) is 133 cm³/mol. The number of carbonyl (C=O) groups is 3. The van der Waals surface area contributed by atoms with Gasteiger partial charge in [-0.05, 0) is 44.9 Å². The molecule has 3 amide bonds. The number of rotatable bonds is 10. The Bertz CT molecular complexity index is 798. The molecule has 3 aliphatic heterocycles. The third-order valence-electron chi connectivity index (χ3n) is 7.33. The smallest absolute Gasteiger partial charge is 0.246 e. The van der Waals surface area contributed by atoms with Gasteiger partial charge < -0.3 is 25.4 Å². The Balaban J connectivity index is 1.91. The van der Waals surface area contributed by atoms with E-state index in [0.29, 0.717) is 13.0 Å².